The largest absolute Gasteiger partial charge is 0.462 e. The Morgan fingerprint density at radius 2 is 0.575 bits per heavy atom. The van der Waals surface area contributed by atoms with E-state index in [1.165, 1.54) is 89.9 Å². The molecule has 0 aromatic rings. The van der Waals surface area contributed by atoms with Crippen LogP contribution >= 0.6 is 0 Å². The first-order chi connectivity index (χ1) is 36.0. The van der Waals surface area contributed by atoms with E-state index in [0.29, 0.717) is 12.8 Å². The molecule has 0 saturated heterocycles. The van der Waals surface area contributed by atoms with Crippen molar-refractivity contribution in [3.63, 3.8) is 0 Å². The van der Waals surface area contributed by atoms with Gasteiger partial charge in [-0.3, -0.25) is 14.4 Å². The van der Waals surface area contributed by atoms with E-state index in [2.05, 4.69) is 142 Å². The number of esters is 3. The maximum Gasteiger partial charge on any atom is 0.310 e. The molecule has 0 aliphatic heterocycles. The van der Waals surface area contributed by atoms with Crippen molar-refractivity contribution in [2.45, 2.75) is 258 Å². The number of carbonyl (C=O) groups excluding carboxylic acids is 3. The molecule has 412 valence electrons. The molecule has 0 radical (unpaired) electrons. The highest BCUT2D eigenvalue weighted by molar-refractivity contribution is 5.72. The molecule has 0 bridgehead atoms. The number of carbonyl (C=O) groups is 3. The maximum atomic E-state index is 12.7. The van der Waals surface area contributed by atoms with Crippen LogP contribution in [0, 0.1) is 0 Å². The van der Waals surface area contributed by atoms with Crippen molar-refractivity contribution in [1.82, 2.24) is 0 Å². The summed E-state index contributed by atoms with van der Waals surface area (Å²) in [6.07, 6.45) is 85.4. The van der Waals surface area contributed by atoms with Gasteiger partial charge in [-0.2, -0.15) is 0 Å². The Morgan fingerprint density at radius 1 is 0.301 bits per heavy atom. The standard InChI is InChI=1S/C67H108O6/c1-4-7-10-13-15-17-19-21-23-24-25-26-27-28-29-30-31-32-33-34-35-36-37-38-39-40-41-42-44-45-47-49-51-54-57-60-66(69)72-63-64(62-71-65(68)59-56-53-12-9-6-3)73-67(70)61-58-55-52-50-48-46-43-22-20-18-16-14-11-8-5-2/h7-8,10-11,15-18,21-23,25-26,28-29,31-32,43,48,50,55,58,64H,4-6,9,12-14,19-20,24,27,30,33-42,44-47,49,51-54,56-57,59-63H2,1-3H3/b10-7-,11-8-,17-15-,18-16-,23-21-,26-25-,29-28-,32-31-,43-22-,50-48-,58-55-. The van der Waals surface area contributed by atoms with E-state index in [-0.39, 0.29) is 31.6 Å². The Balaban J connectivity index is 4.02. The topological polar surface area (TPSA) is 78.9 Å². The van der Waals surface area contributed by atoms with E-state index >= 15 is 0 Å². The van der Waals surface area contributed by atoms with Crippen LogP contribution in [0.15, 0.2) is 134 Å². The zero-order valence-electron chi connectivity index (χ0n) is 47.1. The summed E-state index contributed by atoms with van der Waals surface area (Å²) in [6, 6.07) is 0. The Bertz CT molecular complexity index is 1580. The Labute approximate surface area is 449 Å². The first-order valence-electron chi connectivity index (χ1n) is 29.7. The van der Waals surface area contributed by atoms with E-state index in [1.54, 1.807) is 6.08 Å². The van der Waals surface area contributed by atoms with Gasteiger partial charge >= 0.3 is 17.9 Å². The fourth-order valence-electron chi connectivity index (χ4n) is 7.82. The Morgan fingerprint density at radius 3 is 0.904 bits per heavy atom. The molecule has 1 atom stereocenters. The van der Waals surface area contributed by atoms with Gasteiger partial charge in [-0.05, 0) is 96.3 Å². The number of hydrogen-bond acceptors (Lipinski definition) is 6. The van der Waals surface area contributed by atoms with Gasteiger partial charge in [0.15, 0.2) is 6.10 Å². The molecule has 0 fully saturated rings. The summed E-state index contributed by atoms with van der Waals surface area (Å²) in [5.41, 5.74) is 0. The lowest BCUT2D eigenvalue weighted by Gasteiger charge is -2.18. The van der Waals surface area contributed by atoms with E-state index in [0.717, 1.165) is 122 Å². The van der Waals surface area contributed by atoms with Crippen LogP contribution in [0.1, 0.15) is 252 Å². The molecule has 0 aliphatic rings. The van der Waals surface area contributed by atoms with Gasteiger partial charge in [0.25, 0.3) is 0 Å². The van der Waals surface area contributed by atoms with Crippen LogP contribution in [-0.4, -0.2) is 37.2 Å². The molecule has 0 spiro atoms. The fourth-order valence-corrected chi connectivity index (χ4v) is 7.82. The molecule has 0 N–H and O–H groups in total. The minimum Gasteiger partial charge on any atom is -0.462 e. The van der Waals surface area contributed by atoms with Crippen molar-refractivity contribution >= 4 is 17.9 Å². The summed E-state index contributed by atoms with van der Waals surface area (Å²) in [5.74, 6) is -1.07. The first kappa shape index (κ1) is 68.6. The lowest BCUT2D eigenvalue weighted by Crippen LogP contribution is -2.30. The molecular weight excluding hydrogens is 901 g/mol. The average molecular weight is 1010 g/mol. The van der Waals surface area contributed by atoms with Crippen molar-refractivity contribution in [2.75, 3.05) is 13.2 Å². The van der Waals surface area contributed by atoms with Crippen LogP contribution in [0.5, 0.6) is 0 Å². The average Bonchev–Trinajstić information content (AvgIpc) is 3.39. The number of allylic oxidation sites excluding steroid dienone is 21. The van der Waals surface area contributed by atoms with E-state index in [1.807, 2.05) is 6.08 Å². The van der Waals surface area contributed by atoms with Gasteiger partial charge in [-0.15, -0.1) is 0 Å². The summed E-state index contributed by atoms with van der Waals surface area (Å²) >= 11 is 0. The highest BCUT2D eigenvalue weighted by atomic mass is 16.6. The first-order valence-corrected chi connectivity index (χ1v) is 29.7. The lowest BCUT2D eigenvalue weighted by molar-refractivity contribution is -0.166. The minimum atomic E-state index is -0.830. The normalized spacial score (nSPS) is 13.1. The van der Waals surface area contributed by atoms with Crippen LogP contribution in [0.4, 0.5) is 0 Å². The number of hydrogen-bond donors (Lipinski definition) is 0. The van der Waals surface area contributed by atoms with Gasteiger partial charge in [0.05, 0.1) is 6.42 Å². The van der Waals surface area contributed by atoms with Gasteiger partial charge in [-0.1, -0.05) is 270 Å². The summed E-state index contributed by atoms with van der Waals surface area (Å²) in [6.45, 7) is 6.23. The van der Waals surface area contributed by atoms with Crippen molar-refractivity contribution in [1.29, 1.82) is 0 Å². The number of ether oxygens (including phenoxy) is 3. The van der Waals surface area contributed by atoms with Crippen molar-refractivity contribution in [3.8, 4) is 0 Å². The molecule has 73 heavy (non-hydrogen) atoms. The molecule has 0 heterocycles. The summed E-state index contributed by atoms with van der Waals surface area (Å²) < 4.78 is 16.6. The molecule has 1 unspecified atom stereocenters. The van der Waals surface area contributed by atoms with Gasteiger partial charge in [-0.25, -0.2) is 0 Å². The molecule has 0 amide bonds. The second-order valence-corrected chi connectivity index (χ2v) is 19.2. The third-order valence-corrected chi connectivity index (χ3v) is 12.2. The van der Waals surface area contributed by atoms with Crippen molar-refractivity contribution in [3.05, 3.63) is 134 Å². The fraction of sp³-hybridized carbons (Fsp3) is 0.627. The quantitative estimate of drug-likeness (QED) is 0.0261. The Hall–Kier alpha value is -4.45. The van der Waals surface area contributed by atoms with Crippen LogP contribution < -0.4 is 0 Å². The lowest BCUT2D eigenvalue weighted by atomic mass is 10.0. The molecular formula is C67H108O6. The highest BCUT2D eigenvalue weighted by Gasteiger charge is 2.19. The van der Waals surface area contributed by atoms with Crippen molar-refractivity contribution < 1.29 is 28.6 Å². The molecule has 0 aromatic heterocycles. The van der Waals surface area contributed by atoms with Crippen molar-refractivity contribution in [2.24, 2.45) is 0 Å². The third-order valence-electron chi connectivity index (χ3n) is 12.2. The zero-order chi connectivity index (χ0) is 52.9. The zero-order valence-corrected chi connectivity index (χ0v) is 47.1. The SMILES string of the molecule is CC/C=C\C/C=C\C/C=C\C/C=C\C/C=C\C/C=C\CCCCCCCCCCCCCCCCCCC(=O)OCC(COC(=O)CCCCCCC)OC(=O)C/C=C\C/C=C\C/C=C\C/C=C\C/C=C\CC. The summed E-state index contributed by atoms with van der Waals surface area (Å²) in [4.78, 5) is 37.7. The van der Waals surface area contributed by atoms with Gasteiger partial charge in [0, 0.05) is 12.8 Å². The second-order valence-electron chi connectivity index (χ2n) is 19.2. The minimum absolute atomic E-state index is 0.0947. The Kier molecular flexibility index (Phi) is 56.4. The number of rotatable bonds is 52. The van der Waals surface area contributed by atoms with Gasteiger partial charge in [0.1, 0.15) is 13.2 Å². The predicted octanol–water partition coefficient (Wildman–Crippen LogP) is 20.2. The van der Waals surface area contributed by atoms with Crippen LogP contribution in [0.25, 0.3) is 0 Å². The molecule has 0 rings (SSSR count). The predicted molar refractivity (Wildman–Crippen MR) is 316 cm³/mol. The molecule has 6 heteroatoms. The highest BCUT2D eigenvalue weighted by Crippen LogP contribution is 2.15. The molecule has 0 aliphatic carbocycles. The summed E-state index contributed by atoms with van der Waals surface area (Å²) in [5, 5.41) is 0. The van der Waals surface area contributed by atoms with E-state index < -0.39 is 12.1 Å². The third kappa shape index (κ3) is 58.3. The summed E-state index contributed by atoms with van der Waals surface area (Å²) in [7, 11) is 0. The van der Waals surface area contributed by atoms with E-state index in [9.17, 15) is 14.4 Å². The molecule has 0 saturated carbocycles. The monoisotopic (exact) mass is 1010 g/mol. The second kappa shape index (κ2) is 60.1. The molecule has 0 aromatic carbocycles. The van der Waals surface area contributed by atoms with Gasteiger partial charge < -0.3 is 14.2 Å². The van der Waals surface area contributed by atoms with Gasteiger partial charge in [0.2, 0.25) is 0 Å². The van der Waals surface area contributed by atoms with Crippen LogP contribution in [0.3, 0.4) is 0 Å². The maximum absolute atomic E-state index is 12.7. The van der Waals surface area contributed by atoms with Crippen LogP contribution in [0.2, 0.25) is 0 Å². The van der Waals surface area contributed by atoms with E-state index in [4.69, 9.17) is 14.2 Å². The number of unbranched alkanes of at least 4 members (excludes halogenated alkanes) is 20. The molecule has 6 nitrogen and oxygen atoms in total. The van der Waals surface area contributed by atoms with Crippen LogP contribution in [-0.2, 0) is 28.6 Å². The smallest absolute Gasteiger partial charge is 0.310 e.